The number of benzene rings is 2. The second kappa shape index (κ2) is 11.0. The van der Waals surface area contributed by atoms with Gasteiger partial charge < -0.3 is 34.8 Å². The molecule has 4 aromatic rings. The minimum absolute atomic E-state index is 0.207. The van der Waals surface area contributed by atoms with Gasteiger partial charge in [-0.2, -0.15) is 0 Å². The highest BCUT2D eigenvalue weighted by Gasteiger charge is 2.31. The van der Waals surface area contributed by atoms with Crippen LogP contribution in [0.15, 0.2) is 60.7 Å². The molecular weight excluding hydrogens is 480 g/mol. The maximum absolute atomic E-state index is 12.9. The molecule has 0 aliphatic heterocycles. The van der Waals surface area contributed by atoms with Crippen molar-refractivity contribution < 1.29 is 33.8 Å². The Bertz CT molecular complexity index is 1390. The number of para-hydroxylation sites is 2. The van der Waals surface area contributed by atoms with Gasteiger partial charge in [0.15, 0.2) is 12.1 Å². The molecule has 0 unspecified atom stereocenters. The fourth-order valence-corrected chi connectivity index (χ4v) is 3.88. The molecule has 11 nitrogen and oxygen atoms in total. The van der Waals surface area contributed by atoms with Crippen molar-refractivity contribution in [3.8, 4) is 0 Å². The Morgan fingerprint density at radius 1 is 0.919 bits per heavy atom. The van der Waals surface area contributed by atoms with Crippen LogP contribution in [-0.4, -0.2) is 83.2 Å². The van der Waals surface area contributed by atoms with Gasteiger partial charge in [0.2, 0.25) is 0 Å². The van der Waals surface area contributed by atoms with Gasteiger partial charge in [0.25, 0.3) is 11.8 Å². The predicted octanol–water partition coefficient (Wildman–Crippen LogP) is 1.60. The summed E-state index contributed by atoms with van der Waals surface area (Å²) in [6, 6.07) is 15.1. The van der Waals surface area contributed by atoms with Gasteiger partial charge in [0, 0.05) is 28.9 Å². The average molecular weight is 507 g/mol. The van der Waals surface area contributed by atoms with E-state index in [-0.39, 0.29) is 11.4 Å². The summed E-state index contributed by atoms with van der Waals surface area (Å²) in [6.45, 7) is -1.28. The van der Waals surface area contributed by atoms with E-state index in [0.717, 1.165) is 33.8 Å². The molecule has 0 spiro atoms. The number of aliphatic hydroxyl groups is 1. The summed E-state index contributed by atoms with van der Waals surface area (Å²) >= 11 is 0. The molecular formula is C26H26N4O7. The van der Waals surface area contributed by atoms with Gasteiger partial charge in [0.05, 0.1) is 13.7 Å². The van der Waals surface area contributed by atoms with E-state index in [1.54, 1.807) is 24.3 Å². The molecule has 4 N–H and O–H groups in total. The van der Waals surface area contributed by atoms with Crippen molar-refractivity contribution in [1.82, 2.24) is 20.2 Å². The fraction of sp³-hybridized carbons (Fsp3) is 0.231. The molecule has 0 aliphatic carbocycles. The first kappa shape index (κ1) is 25.5. The van der Waals surface area contributed by atoms with Crippen LogP contribution in [0.1, 0.15) is 21.0 Å². The third-order valence-corrected chi connectivity index (χ3v) is 5.95. The number of H-pyrrole nitrogens is 2. The number of fused-ring (bicyclic) bond motifs is 2. The molecule has 37 heavy (non-hydrogen) atoms. The van der Waals surface area contributed by atoms with Gasteiger partial charge in [-0.3, -0.25) is 9.59 Å². The van der Waals surface area contributed by atoms with E-state index in [4.69, 9.17) is 9.47 Å². The largest absolute Gasteiger partial charge is 0.467 e. The molecule has 0 bridgehead atoms. The SMILES string of the molecule is COC(=O)[C@H](COC(=O)[C@H](CO)N(C)C(=O)c1cc2ccccc2[nH]1)NC(=O)c1cc2ccccc2[nH]1. The number of carbonyl (C=O) groups is 4. The Morgan fingerprint density at radius 2 is 1.49 bits per heavy atom. The molecule has 0 saturated heterocycles. The smallest absolute Gasteiger partial charge is 0.331 e. The summed E-state index contributed by atoms with van der Waals surface area (Å²) in [5, 5.41) is 13.9. The number of aromatic amines is 2. The third-order valence-electron chi connectivity index (χ3n) is 5.95. The topological polar surface area (TPSA) is 154 Å². The second-order valence-corrected chi connectivity index (χ2v) is 8.33. The number of ether oxygens (including phenoxy) is 2. The van der Waals surface area contributed by atoms with Crippen molar-refractivity contribution in [3.63, 3.8) is 0 Å². The molecule has 2 heterocycles. The highest BCUT2D eigenvalue weighted by molar-refractivity contribution is 6.00. The van der Waals surface area contributed by atoms with Crippen molar-refractivity contribution in [2.24, 2.45) is 0 Å². The Morgan fingerprint density at radius 3 is 2.05 bits per heavy atom. The highest BCUT2D eigenvalue weighted by Crippen LogP contribution is 2.17. The number of likely N-dealkylation sites (N-methyl/N-ethyl adjacent to an activating group) is 1. The Balaban J connectivity index is 1.41. The van der Waals surface area contributed by atoms with E-state index in [9.17, 15) is 24.3 Å². The summed E-state index contributed by atoms with van der Waals surface area (Å²) in [4.78, 5) is 57.6. The number of carbonyl (C=O) groups excluding carboxylic acids is 4. The minimum atomic E-state index is -1.35. The lowest BCUT2D eigenvalue weighted by Gasteiger charge is -2.25. The quantitative estimate of drug-likeness (QED) is 0.251. The van der Waals surface area contributed by atoms with Crippen LogP contribution in [-0.2, 0) is 19.1 Å². The summed E-state index contributed by atoms with van der Waals surface area (Å²) < 4.78 is 9.94. The molecule has 2 amide bonds. The molecule has 0 saturated carbocycles. The van der Waals surface area contributed by atoms with Crippen LogP contribution in [0.3, 0.4) is 0 Å². The number of hydrogen-bond donors (Lipinski definition) is 4. The minimum Gasteiger partial charge on any atom is -0.467 e. The number of nitrogens with one attached hydrogen (secondary N) is 3. The summed E-state index contributed by atoms with van der Waals surface area (Å²) in [7, 11) is 2.49. The third kappa shape index (κ3) is 5.46. The van der Waals surface area contributed by atoms with Gasteiger partial charge in [-0.25, -0.2) is 9.59 Å². The Hall–Kier alpha value is -4.64. The number of methoxy groups -OCH3 is 1. The summed E-state index contributed by atoms with van der Waals surface area (Å²) in [6.07, 6.45) is 0. The number of aromatic nitrogens is 2. The number of amides is 2. The van der Waals surface area contributed by atoms with Crippen LogP contribution in [0.4, 0.5) is 0 Å². The van der Waals surface area contributed by atoms with E-state index in [0.29, 0.717) is 0 Å². The van der Waals surface area contributed by atoms with Crippen molar-refractivity contribution in [2.75, 3.05) is 27.4 Å². The predicted molar refractivity (Wildman–Crippen MR) is 134 cm³/mol. The maximum atomic E-state index is 12.9. The molecule has 2 aromatic carbocycles. The van der Waals surface area contributed by atoms with Gasteiger partial charge in [-0.05, 0) is 24.3 Å². The van der Waals surface area contributed by atoms with Crippen LogP contribution in [0.25, 0.3) is 21.8 Å². The van der Waals surface area contributed by atoms with Crippen molar-refractivity contribution in [2.45, 2.75) is 12.1 Å². The number of aliphatic hydroxyl groups excluding tert-OH is 1. The van der Waals surface area contributed by atoms with Gasteiger partial charge in [-0.1, -0.05) is 36.4 Å². The van der Waals surface area contributed by atoms with Gasteiger partial charge in [-0.15, -0.1) is 0 Å². The maximum Gasteiger partial charge on any atom is 0.331 e. The van der Waals surface area contributed by atoms with Crippen molar-refractivity contribution in [3.05, 3.63) is 72.1 Å². The van der Waals surface area contributed by atoms with E-state index >= 15 is 0 Å². The normalized spacial score (nSPS) is 12.6. The van der Waals surface area contributed by atoms with Crippen LogP contribution < -0.4 is 5.32 Å². The second-order valence-electron chi connectivity index (χ2n) is 8.33. The Kier molecular flexibility index (Phi) is 7.54. The number of nitrogens with zero attached hydrogens (tertiary/aromatic N) is 1. The number of rotatable bonds is 9. The first-order chi connectivity index (χ1) is 17.8. The van der Waals surface area contributed by atoms with E-state index in [2.05, 4.69) is 15.3 Å². The highest BCUT2D eigenvalue weighted by atomic mass is 16.5. The standard InChI is InChI=1S/C26H26N4O7/c1-30(24(33)20-12-16-8-4-6-10-18(16)28-20)22(13-31)26(35)37-14-21(25(34)36-2)29-23(32)19-11-15-7-3-5-9-17(15)27-19/h3-12,21-22,27-28,31H,13-14H2,1-2H3,(H,29,32)/t21-,22-/m0/s1. The fourth-order valence-electron chi connectivity index (χ4n) is 3.88. The lowest BCUT2D eigenvalue weighted by Crippen LogP contribution is -2.49. The van der Waals surface area contributed by atoms with Gasteiger partial charge >= 0.3 is 11.9 Å². The van der Waals surface area contributed by atoms with Crippen molar-refractivity contribution >= 4 is 45.6 Å². The molecule has 2 aromatic heterocycles. The van der Waals surface area contributed by atoms with E-state index in [1.807, 2.05) is 36.4 Å². The zero-order valence-corrected chi connectivity index (χ0v) is 20.2. The van der Waals surface area contributed by atoms with Crippen LogP contribution in [0.2, 0.25) is 0 Å². The lowest BCUT2D eigenvalue weighted by molar-refractivity contribution is -0.154. The molecule has 11 heteroatoms. The molecule has 0 aliphatic rings. The first-order valence-electron chi connectivity index (χ1n) is 11.4. The molecule has 0 radical (unpaired) electrons. The van der Waals surface area contributed by atoms with Crippen LogP contribution in [0, 0.1) is 0 Å². The van der Waals surface area contributed by atoms with Crippen molar-refractivity contribution in [1.29, 1.82) is 0 Å². The monoisotopic (exact) mass is 506 g/mol. The zero-order chi connectivity index (χ0) is 26.5. The zero-order valence-electron chi connectivity index (χ0n) is 20.2. The van der Waals surface area contributed by atoms with E-state index in [1.165, 1.54) is 7.05 Å². The lowest BCUT2D eigenvalue weighted by atomic mass is 10.2. The summed E-state index contributed by atoms with van der Waals surface area (Å²) in [5.74, 6) is -2.93. The summed E-state index contributed by atoms with van der Waals surface area (Å²) in [5.41, 5.74) is 1.92. The average Bonchev–Trinajstić information content (AvgIpc) is 3.55. The first-order valence-corrected chi connectivity index (χ1v) is 11.4. The Labute approximate surface area is 211 Å². The molecule has 4 rings (SSSR count). The number of esters is 2. The van der Waals surface area contributed by atoms with Crippen LogP contribution >= 0.6 is 0 Å². The molecule has 2 atom stereocenters. The van der Waals surface area contributed by atoms with Crippen LogP contribution in [0.5, 0.6) is 0 Å². The molecule has 192 valence electrons. The molecule has 0 fully saturated rings. The van der Waals surface area contributed by atoms with Gasteiger partial charge in [0.1, 0.15) is 18.0 Å². The number of hydrogen-bond acceptors (Lipinski definition) is 7. The van der Waals surface area contributed by atoms with E-state index < -0.39 is 49.1 Å².